The number of methoxy groups -OCH3 is 1. The largest absolute Gasteiger partial charge is 0.480 e. The number of nitrogens with one attached hydrogen (secondary N) is 2. The molecule has 164 valence electrons. The van der Waals surface area contributed by atoms with E-state index in [2.05, 4.69) is 10.6 Å². The molecular formula is C23H26N2O6. The summed E-state index contributed by atoms with van der Waals surface area (Å²) in [5.74, 6) is -1.99. The first-order valence-corrected chi connectivity index (χ1v) is 9.92. The van der Waals surface area contributed by atoms with Gasteiger partial charge in [-0.3, -0.25) is 9.59 Å². The molecule has 8 nitrogen and oxygen atoms in total. The molecule has 8 heteroatoms. The fourth-order valence-electron chi connectivity index (χ4n) is 3.72. The molecule has 0 spiro atoms. The lowest BCUT2D eigenvalue weighted by atomic mass is 9.98. The number of aliphatic carboxylic acids is 1. The SMILES string of the molecule is COCC(C)(NC(=O)OCC1c2ccccc2-c2ccccc21)C(=O)N[C@@H](C)C(=O)O. The third-order valence-corrected chi connectivity index (χ3v) is 5.37. The lowest BCUT2D eigenvalue weighted by Gasteiger charge is -2.29. The highest BCUT2D eigenvalue weighted by atomic mass is 16.5. The average molecular weight is 426 g/mol. The molecule has 0 saturated carbocycles. The van der Waals surface area contributed by atoms with Crippen LogP contribution in [-0.4, -0.2) is 55.0 Å². The minimum Gasteiger partial charge on any atom is -0.480 e. The standard InChI is InChI=1S/C23H26N2O6/c1-14(20(26)27)24-21(28)23(2,13-30-3)25-22(29)31-12-19-17-10-6-4-8-15(17)16-9-5-7-11-18(16)19/h4-11,14,19H,12-13H2,1-3H3,(H,24,28)(H,25,29)(H,26,27)/t14-,23?/m0/s1. The maximum atomic E-state index is 12.6. The van der Waals surface area contributed by atoms with E-state index in [0.717, 1.165) is 22.3 Å². The van der Waals surface area contributed by atoms with E-state index in [0.29, 0.717) is 0 Å². The van der Waals surface area contributed by atoms with Crippen LogP contribution in [0, 0.1) is 0 Å². The van der Waals surface area contributed by atoms with E-state index in [4.69, 9.17) is 14.6 Å². The lowest BCUT2D eigenvalue weighted by molar-refractivity contribution is -0.142. The Morgan fingerprint density at radius 2 is 1.61 bits per heavy atom. The minimum atomic E-state index is -1.50. The van der Waals surface area contributed by atoms with Gasteiger partial charge in [0.25, 0.3) is 0 Å². The Bertz CT molecular complexity index is 946. The number of fused-ring (bicyclic) bond motifs is 3. The van der Waals surface area contributed by atoms with Crippen LogP contribution in [0.15, 0.2) is 48.5 Å². The van der Waals surface area contributed by atoms with Gasteiger partial charge in [0.2, 0.25) is 5.91 Å². The van der Waals surface area contributed by atoms with Gasteiger partial charge >= 0.3 is 12.1 Å². The Morgan fingerprint density at radius 1 is 1.06 bits per heavy atom. The van der Waals surface area contributed by atoms with Crippen molar-refractivity contribution in [3.63, 3.8) is 0 Å². The van der Waals surface area contributed by atoms with Crippen LogP contribution in [-0.2, 0) is 19.1 Å². The molecule has 0 radical (unpaired) electrons. The summed E-state index contributed by atoms with van der Waals surface area (Å²) in [6.07, 6.45) is -0.792. The maximum absolute atomic E-state index is 12.6. The van der Waals surface area contributed by atoms with Gasteiger partial charge in [0.15, 0.2) is 0 Å². The summed E-state index contributed by atoms with van der Waals surface area (Å²) >= 11 is 0. The molecule has 0 heterocycles. The van der Waals surface area contributed by atoms with Gasteiger partial charge in [-0.25, -0.2) is 4.79 Å². The zero-order valence-corrected chi connectivity index (χ0v) is 17.7. The van der Waals surface area contributed by atoms with Crippen LogP contribution in [0.1, 0.15) is 30.9 Å². The number of carbonyl (C=O) groups is 3. The van der Waals surface area contributed by atoms with E-state index in [-0.39, 0.29) is 19.1 Å². The van der Waals surface area contributed by atoms with Crippen molar-refractivity contribution in [3.8, 4) is 11.1 Å². The number of amides is 2. The summed E-state index contributed by atoms with van der Waals surface area (Å²) in [5.41, 5.74) is 2.87. The van der Waals surface area contributed by atoms with Gasteiger partial charge in [0.1, 0.15) is 18.2 Å². The van der Waals surface area contributed by atoms with E-state index < -0.39 is 29.6 Å². The van der Waals surface area contributed by atoms with Crippen LogP contribution < -0.4 is 10.6 Å². The third kappa shape index (κ3) is 4.69. The van der Waals surface area contributed by atoms with Crippen LogP contribution in [0.4, 0.5) is 4.79 Å². The van der Waals surface area contributed by atoms with Crippen molar-refractivity contribution >= 4 is 18.0 Å². The lowest BCUT2D eigenvalue weighted by Crippen LogP contribution is -2.61. The van der Waals surface area contributed by atoms with Crippen LogP contribution in [0.2, 0.25) is 0 Å². The molecule has 0 aromatic heterocycles. The van der Waals surface area contributed by atoms with E-state index in [1.165, 1.54) is 21.0 Å². The van der Waals surface area contributed by atoms with Crippen molar-refractivity contribution in [2.45, 2.75) is 31.3 Å². The van der Waals surface area contributed by atoms with Gasteiger partial charge in [0.05, 0.1) is 6.61 Å². The number of hydrogen-bond acceptors (Lipinski definition) is 5. The molecule has 2 amide bonds. The highest BCUT2D eigenvalue weighted by Gasteiger charge is 2.38. The van der Waals surface area contributed by atoms with Crippen molar-refractivity contribution in [1.29, 1.82) is 0 Å². The quantitative estimate of drug-likeness (QED) is 0.598. The van der Waals surface area contributed by atoms with Crippen molar-refractivity contribution in [2.24, 2.45) is 0 Å². The Labute approximate surface area is 180 Å². The zero-order chi connectivity index (χ0) is 22.6. The second-order valence-electron chi connectivity index (χ2n) is 7.75. The number of carbonyl (C=O) groups excluding carboxylic acids is 2. The molecule has 31 heavy (non-hydrogen) atoms. The Hall–Kier alpha value is -3.39. The number of hydrogen-bond donors (Lipinski definition) is 3. The van der Waals surface area contributed by atoms with Crippen LogP contribution in [0.25, 0.3) is 11.1 Å². The van der Waals surface area contributed by atoms with Crippen LogP contribution in [0.5, 0.6) is 0 Å². The van der Waals surface area contributed by atoms with Gasteiger partial charge < -0.3 is 25.2 Å². The second kappa shape index (κ2) is 9.18. The topological polar surface area (TPSA) is 114 Å². The van der Waals surface area contributed by atoms with E-state index in [1.54, 1.807) is 0 Å². The number of carboxylic acids is 1. The molecule has 1 aliphatic carbocycles. The minimum absolute atomic E-state index is 0.0933. The fourth-order valence-corrected chi connectivity index (χ4v) is 3.72. The molecule has 2 aromatic carbocycles. The Kier molecular flexibility index (Phi) is 6.60. The van der Waals surface area contributed by atoms with Gasteiger partial charge in [0, 0.05) is 13.0 Å². The van der Waals surface area contributed by atoms with Crippen molar-refractivity contribution in [1.82, 2.24) is 10.6 Å². The second-order valence-corrected chi connectivity index (χ2v) is 7.75. The summed E-state index contributed by atoms with van der Waals surface area (Å²) in [7, 11) is 1.38. The smallest absolute Gasteiger partial charge is 0.408 e. The van der Waals surface area contributed by atoms with Gasteiger partial charge in [-0.15, -0.1) is 0 Å². The van der Waals surface area contributed by atoms with Gasteiger partial charge in [-0.05, 0) is 36.1 Å². The summed E-state index contributed by atoms with van der Waals surface area (Å²) in [6, 6.07) is 14.8. The third-order valence-electron chi connectivity index (χ3n) is 5.37. The van der Waals surface area contributed by atoms with E-state index in [9.17, 15) is 14.4 Å². The molecule has 0 fully saturated rings. The summed E-state index contributed by atoms with van der Waals surface area (Å²) in [5, 5.41) is 13.9. The fraction of sp³-hybridized carbons (Fsp3) is 0.348. The summed E-state index contributed by atoms with van der Waals surface area (Å²) < 4.78 is 10.5. The number of alkyl carbamates (subject to hydrolysis) is 1. The van der Waals surface area contributed by atoms with Crippen molar-refractivity contribution < 1.29 is 29.0 Å². The number of benzene rings is 2. The molecule has 2 atom stereocenters. The number of ether oxygens (including phenoxy) is 2. The molecule has 0 saturated heterocycles. The maximum Gasteiger partial charge on any atom is 0.408 e. The Morgan fingerprint density at radius 3 is 2.13 bits per heavy atom. The first kappa shape index (κ1) is 22.3. The molecule has 2 aromatic rings. The normalized spacial score (nSPS) is 15.2. The number of carboxylic acid groups (broad SMARTS) is 1. The van der Waals surface area contributed by atoms with Gasteiger partial charge in [-0.1, -0.05) is 48.5 Å². The zero-order valence-electron chi connectivity index (χ0n) is 17.7. The van der Waals surface area contributed by atoms with E-state index in [1.807, 2.05) is 48.5 Å². The summed E-state index contributed by atoms with van der Waals surface area (Å²) in [6.45, 7) is 2.72. The molecule has 0 bridgehead atoms. The predicted octanol–water partition coefficient (Wildman–Crippen LogP) is 2.52. The highest BCUT2D eigenvalue weighted by Crippen LogP contribution is 2.44. The van der Waals surface area contributed by atoms with Crippen molar-refractivity contribution in [2.75, 3.05) is 20.3 Å². The first-order chi connectivity index (χ1) is 14.8. The predicted molar refractivity (Wildman–Crippen MR) is 114 cm³/mol. The first-order valence-electron chi connectivity index (χ1n) is 9.92. The monoisotopic (exact) mass is 426 g/mol. The van der Waals surface area contributed by atoms with Gasteiger partial charge in [-0.2, -0.15) is 0 Å². The molecule has 3 N–H and O–H groups in total. The molecule has 1 aliphatic rings. The Balaban J connectivity index is 1.70. The molecule has 1 unspecified atom stereocenters. The molecule has 3 rings (SSSR count). The summed E-state index contributed by atoms with van der Waals surface area (Å²) in [4.78, 5) is 36.2. The average Bonchev–Trinajstić information content (AvgIpc) is 3.06. The van der Waals surface area contributed by atoms with Crippen LogP contribution in [0.3, 0.4) is 0 Å². The molecular weight excluding hydrogens is 400 g/mol. The molecule has 0 aliphatic heterocycles. The highest BCUT2D eigenvalue weighted by molar-refractivity contribution is 5.92. The van der Waals surface area contributed by atoms with Crippen LogP contribution >= 0.6 is 0 Å². The van der Waals surface area contributed by atoms with Crippen molar-refractivity contribution in [3.05, 3.63) is 59.7 Å². The van der Waals surface area contributed by atoms with E-state index >= 15 is 0 Å². The number of rotatable bonds is 8.